The van der Waals surface area contributed by atoms with Gasteiger partial charge in [0.1, 0.15) is 11.9 Å². The first-order valence-electron chi connectivity index (χ1n) is 6.89. The molecule has 1 saturated heterocycles. The molecule has 1 heterocycles. The molecular weight excluding hydrogens is 242 g/mol. The Kier molecular flexibility index (Phi) is 3.80. The first-order valence-corrected chi connectivity index (χ1v) is 8.11. The number of thioether (sulfide) groups is 1. The molecule has 2 nitrogen and oxygen atoms in total. The van der Waals surface area contributed by atoms with Crippen LogP contribution in [-0.4, -0.2) is 25.4 Å². The van der Waals surface area contributed by atoms with Crippen LogP contribution in [0.25, 0.3) is 0 Å². The summed E-state index contributed by atoms with van der Waals surface area (Å²) in [6, 6.07) is 8.42. The number of rotatable bonds is 5. The minimum absolute atomic E-state index is 0.424. The van der Waals surface area contributed by atoms with Crippen molar-refractivity contribution in [3.63, 3.8) is 0 Å². The molecule has 0 bridgehead atoms. The number of hydrogen-bond acceptors (Lipinski definition) is 3. The lowest BCUT2D eigenvalue weighted by Crippen LogP contribution is -2.31. The summed E-state index contributed by atoms with van der Waals surface area (Å²) in [4.78, 5) is 1.26. The van der Waals surface area contributed by atoms with Gasteiger partial charge >= 0.3 is 0 Å². The van der Waals surface area contributed by atoms with Crippen molar-refractivity contribution in [2.24, 2.45) is 11.8 Å². The number of nitrogens with one attached hydrogen (secondary N) is 1. The predicted molar refractivity (Wildman–Crippen MR) is 76.3 cm³/mol. The predicted octanol–water partition coefficient (Wildman–Crippen LogP) is 3.18. The van der Waals surface area contributed by atoms with Gasteiger partial charge in [-0.2, -0.15) is 0 Å². The third-order valence-corrected chi connectivity index (χ3v) is 4.76. The van der Waals surface area contributed by atoms with Crippen LogP contribution in [0, 0.1) is 11.8 Å². The molecule has 1 saturated carbocycles. The summed E-state index contributed by atoms with van der Waals surface area (Å²) in [5, 5.41) is 3.46. The van der Waals surface area contributed by atoms with Crippen LogP contribution in [0.15, 0.2) is 29.2 Å². The Morgan fingerprint density at radius 1 is 1.22 bits per heavy atom. The molecule has 1 aromatic carbocycles. The van der Waals surface area contributed by atoms with Crippen LogP contribution in [0.4, 0.5) is 0 Å². The van der Waals surface area contributed by atoms with Crippen LogP contribution in [-0.2, 0) is 0 Å². The van der Waals surface area contributed by atoms with Gasteiger partial charge in [-0.1, -0.05) is 12.1 Å². The topological polar surface area (TPSA) is 21.3 Å². The van der Waals surface area contributed by atoms with Crippen LogP contribution in [0.5, 0.6) is 5.75 Å². The van der Waals surface area contributed by atoms with Crippen molar-refractivity contribution in [3.05, 3.63) is 24.3 Å². The third kappa shape index (κ3) is 2.67. The van der Waals surface area contributed by atoms with Gasteiger partial charge in [0.15, 0.2) is 0 Å². The van der Waals surface area contributed by atoms with Gasteiger partial charge in [0.2, 0.25) is 0 Å². The molecule has 2 aliphatic rings. The molecule has 0 spiro atoms. The van der Waals surface area contributed by atoms with E-state index in [1.807, 2.05) is 0 Å². The Labute approximate surface area is 113 Å². The highest BCUT2D eigenvalue weighted by atomic mass is 32.2. The van der Waals surface area contributed by atoms with Gasteiger partial charge in [0.05, 0.1) is 0 Å². The molecule has 2 atom stereocenters. The Balaban J connectivity index is 1.75. The number of hydrogen-bond donors (Lipinski definition) is 1. The maximum Gasteiger partial charge on any atom is 0.133 e. The molecule has 0 amide bonds. The van der Waals surface area contributed by atoms with Crippen molar-refractivity contribution in [2.75, 3.05) is 19.3 Å². The standard InChI is InChI=1S/C15H21NOS/c1-18-14-5-3-2-4-13(14)17-15(11-6-7-11)12-8-9-16-10-12/h2-5,11-12,15-16H,6-10H2,1H3/t12-,15+/m0/s1. The molecule has 0 unspecified atom stereocenters. The SMILES string of the molecule is CSc1ccccc1O[C@H](C1CC1)[C@H]1CCNC1. The van der Waals surface area contributed by atoms with Gasteiger partial charge in [-0.25, -0.2) is 0 Å². The monoisotopic (exact) mass is 263 g/mol. The van der Waals surface area contributed by atoms with Crippen molar-refractivity contribution in [1.82, 2.24) is 5.32 Å². The van der Waals surface area contributed by atoms with E-state index in [9.17, 15) is 0 Å². The second-order valence-electron chi connectivity index (χ2n) is 5.32. The molecule has 1 N–H and O–H groups in total. The van der Waals surface area contributed by atoms with Crippen LogP contribution in [0.2, 0.25) is 0 Å². The van der Waals surface area contributed by atoms with E-state index in [2.05, 4.69) is 35.8 Å². The van der Waals surface area contributed by atoms with E-state index in [-0.39, 0.29) is 0 Å². The molecule has 3 rings (SSSR count). The van der Waals surface area contributed by atoms with Crippen molar-refractivity contribution < 1.29 is 4.74 Å². The maximum absolute atomic E-state index is 6.38. The first kappa shape index (κ1) is 12.4. The lowest BCUT2D eigenvalue weighted by atomic mass is 9.97. The molecule has 1 aliphatic heterocycles. The number of para-hydroxylation sites is 1. The summed E-state index contributed by atoms with van der Waals surface area (Å²) in [5.41, 5.74) is 0. The van der Waals surface area contributed by atoms with Gasteiger partial charge in [0.25, 0.3) is 0 Å². The highest BCUT2D eigenvalue weighted by molar-refractivity contribution is 7.98. The van der Waals surface area contributed by atoms with Crippen LogP contribution in [0.3, 0.4) is 0 Å². The van der Waals surface area contributed by atoms with E-state index in [1.165, 1.54) is 24.2 Å². The quantitative estimate of drug-likeness (QED) is 0.824. The lowest BCUT2D eigenvalue weighted by Gasteiger charge is -2.25. The zero-order valence-electron chi connectivity index (χ0n) is 10.9. The van der Waals surface area contributed by atoms with Gasteiger partial charge in [0, 0.05) is 17.4 Å². The zero-order chi connectivity index (χ0) is 12.4. The van der Waals surface area contributed by atoms with E-state index in [0.717, 1.165) is 24.8 Å². The number of ether oxygens (including phenoxy) is 1. The van der Waals surface area contributed by atoms with E-state index < -0.39 is 0 Å². The van der Waals surface area contributed by atoms with E-state index in [0.29, 0.717) is 12.0 Å². The van der Waals surface area contributed by atoms with Crippen LogP contribution in [0.1, 0.15) is 19.3 Å². The molecule has 1 aliphatic carbocycles. The molecule has 3 heteroatoms. The Morgan fingerprint density at radius 2 is 2.06 bits per heavy atom. The van der Waals surface area contributed by atoms with Gasteiger partial charge in [-0.3, -0.25) is 0 Å². The second kappa shape index (κ2) is 5.54. The summed E-state index contributed by atoms with van der Waals surface area (Å²) >= 11 is 1.77. The normalized spacial score (nSPS) is 25.1. The van der Waals surface area contributed by atoms with E-state index >= 15 is 0 Å². The smallest absolute Gasteiger partial charge is 0.133 e. The van der Waals surface area contributed by atoms with Gasteiger partial charge < -0.3 is 10.1 Å². The summed E-state index contributed by atoms with van der Waals surface area (Å²) in [6.07, 6.45) is 6.51. The fourth-order valence-corrected chi connectivity index (χ4v) is 3.35. The van der Waals surface area contributed by atoms with E-state index in [1.54, 1.807) is 11.8 Å². The first-order chi connectivity index (χ1) is 8.88. The Morgan fingerprint density at radius 3 is 2.72 bits per heavy atom. The van der Waals surface area contributed by atoms with Crippen molar-refractivity contribution >= 4 is 11.8 Å². The fraction of sp³-hybridized carbons (Fsp3) is 0.600. The number of benzene rings is 1. The van der Waals surface area contributed by atoms with Gasteiger partial charge in [-0.15, -0.1) is 11.8 Å². The molecule has 1 aromatic rings. The highest BCUT2D eigenvalue weighted by Crippen LogP contribution is 2.41. The third-order valence-electron chi connectivity index (χ3n) is 3.98. The zero-order valence-corrected chi connectivity index (χ0v) is 11.7. The minimum Gasteiger partial charge on any atom is -0.489 e. The van der Waals surface area contributed by atoms with Crippen molar-refractivity contribution in [3.8, 4) is 5.75 Å². The average Bonchev–Trinajstić information content (AvgIpc) is 3.11. The van der Waals surface area contributed by atoms with E-state index in [4.69, 9.17) is 4.74 Å². The maximum atomic E-state index is 6.38. The minimum atomic E-state index is 0.424. The fourth-order valence-electron chi connectivity index (χ4n) is 2.82. The molecule has 0 radical (unpaired) electrons. The molecule has 18 heavy (non-hydrogen) atoms. The second-order valence-corrected chi connectivity index (χ2v) is 6.17. The van der Waals surface area contributed by atoms with Crippen LogP contribution >= 0.6 is 11.8 Å². The largest absolute Gasteiger partial charge is 0.489 e. The van der Waals surface area contributed by atoms with Crippen LogP contribution < -0.4 is 10.1 Å². The summed E-state index contributed by atoms with van der Waals surface area (Å²) in [5.74, 6) is 2.58. The molecule has 98 valence electrons. The lowest BCUT2D eigenvalue weighted by molar-refractivity contribution is 0.117. The highest BCUT2D eigenvalue weighted by Gasteiger charge is 2.39. The molecule has 0 aromatic heterocycles. The summed E-state index contributed by atoms with van der Waals surface area (Å²) in [7, 11) is 0. The van der Waals surface area contributed by atoms with Gasteiger partial charge in [-0.05, 0) is 50.1 Å². The molecule has 2 fully saturated rings. The summed E-state index contributed by atoms with van der Waals surface area (Å²) < 4.78 is 6.38. The molecular formula is C15H21NOS. The Bertz CT molecular complexity index is 399. The average molecular weight is 263 g/mol. The van der Waals surface area contributed by atoms with Crippen molar-refractivity contribution in [1.29, 1.82) is 0 Å². The summed E-state index contributed by atoms with van der Waals surface area (Å²) in [6.45, 7) is 2.28. The van der Waals surface area contributed by atoms with Crippen molar-refractivity contribution in [2.45, 2.75) is 30.3 Å². The Hall–Kier alpha value is -0.670.